The monoisotopic (exact) mass is 476 g/mol. The Bertz CT molecular complexity index is 1320. The SMILES string of the molecule is CCOC(=O)c1[nH]c2c(-c3cccnc3C)cccc2c1CCCOc1cc(C)c(Cl)c(C)c1. The number of aryl methyl sites for hydroxylation is 4. The molecule has 34 heavy (non-hydrogen) atoms. The summed E-state index contributed by atoms with van der Waals surface area (Å²) < 4.78 is 11.4. The molecule has 0 unspecified atom stereocenters. The van der Waals surface area contributed by atoms with Crippen molar-refractivity contribution in [2.75, 3.05) is 13.2 Å². The van der Waals surface area contributed by atoms with Crippen LogP contribution in [-0.2, 0) is 11.2 Å². The van der Waals surface area contributed by atoms with Gasteiger partial charge in [0.25, 0.3) is 0 Å². The first-order valence-electron chi connectivity index (χ1n) is 11.5. The van der Waals surface area contributed by atoms with E-state index in [4.69, 9.17) is 21.1 Å². The van der Waals surface area contributed by atoms with Gasteiger partial charge in [-0.3, -0.25) is 4.98 Å². The van der Waals surface area contributed by atoms with Crippen LogP contribution in [0.2, 0.25) is 5.02 Å². The van der Waals surface area contributed by atoms with Crippen molar-refractivity contribution in [3.8, 4) is 16.9 Å². The average molecular weight is 477 g/mol. The van der Waals surface area contributed by atoms with Crippen molar-refractivity contribution in [2.45, 2.75) is 40.5 Å². The van der Waals surface area contributed by atoms with Crippen molar-refractivity contribution >= 4 is 28.5 Å². The van der Waals surface area contributed by atoms with Gasteiger partial charge in [0, 0.05) is 33.4 Å². The third-order valence-electron chi connectivity index (χ3n) is 5.97. The van der Waals surface area contributed by atoms with Crippen LogP contribution >= 0.6 is 11.6 Å². The molecule has 0 saturated carbocycles. The summed E-state index contributed by atoms with van der Waals surface area (Å²) >= 11 is 6.27. The molecule has 4 rings (SSSR count). The molecule has 0 radical (unpaired) electrons. The van der Waals surface area contributed by atoms with E-state index in [1.807, 2.05) is 64.1 Å². The topological polar surface area (TPSA) is 64.2 Å². The molecule has 0 saturated heterocycles. The maximum absolute atomic E-state index is 12.8. The molecule has 2 aromatic carbocycles. The third kappa shape index (κ3) is 4.80. The number of halogens is 1. The highest BCUT2D eigenvalue weighted by Crippen LogP contribution is 2.34. The van der Waals surface area contributed by atoms with Crippen LogP contribution in [0.15, 0.2) is 48.7 Å². The molecule has 2 heterocycles. The molecule has 1 N–H and O–H groups in total. The maximum atomic E-state index is 12.8. The number of benzene rings is 2. The second kappa shape index (κ2) is 10.3. The molecule has 0 aliphatic carbocycles. The number of nitrogens with one attached hydrogen (secondary N) is 1. The largest absolute Gasteiger partial charge is 0.494 e. The summed E-state index contributed by atoms with van der Waals surface area (Å²) in [5, 5.41) is 1.78. The van der Waals surface area contributed by atoms with E-state index in [1.54, 1.807) is 6.20 Å². The highest BCUT2D eigenvalue weighted by molar-refractivity contribution is 6.32. The summed E-state index contributed by atoms with van der Waals surface area (Å²) in [6, 6.07) is 14.0. The lowest BCUT2D eigenvalue weighted by atomic mass is 9.99. The highest BCUT2D eigenvalue weighted by Gasteiger charge is 2.21. The van der Waals surface area contributed by atoms with Crippen LogP contribution < -0.4 is 4.74 Å². The smallest absolute Gasteiger partial charge is 0.355 e. The minimum Gasteiger partial charge on any atom is -0.494 e. The van der Waals surface area contributed by atoms with Crippen molar-refractivity contribution in [3.63, 3.8) is 0 Å². The summed E-state index contributed by atoms with van der Waals surface area (Å²) in [5.41, 5.74) is 7.35. The number of carbonyl (C=O) groups excluding carboxylic acids is 1. The summed E-state index contributed by atoms with van der Waals surface area (Å²) in [7, 11) is 0. The Morgan fingerprint density at radius 3 is 2.50 bits per heavy atom. The number of pyridine rings is 1. The summed E-state index contributed by atoms with van der Waals surface area (Å²) in [6.45, 7) is 8.59. The zero-order chi connectivity index (χ0) is 24.2. The van der Waals surface area contributed by atoms with Crippen LogP contribution in [0.4, 0.5) is 0 Å². The second-order valence-corrected chi connectivity index (χ2v) is 8.76. The number of hydrogen-bond donors (Lipinski definition) is 1. The van der Waals surface area contributed by atoms with Crippen molar-refractivity contribution in [1.29, 1.82) is 0 Å². The normalized spacial score (nSPS) is 11.1. The molecule has 0 fully saturated rings. The lowest BCUT2D eigenvalue weighted by Gasteiger charge is -2.10. The minimum atomic E-state index is -0.340. The van der Waals surface area contributed by atoms with Gasteiger partial charge in [-0.25, -0.2) is 4.79 Å². The van der Waals surface area contributed by atoms with Gasteiger partial charge in [0.2, 0.25) is 0 Å². The molecule has 6 heteroatoms. The first-order valence-corrected chi connectivity index (χ1v) is 11.9. The lowest BCUT2D eigenvalue weighted by Crippen LogP contribution is -2.09. The molecule has 176 valence electrons. The second-order valence-electron chi connectivity index (χ2n) is 8.39. The van der Waals surface area contributed by atoms with Gasteiger partial charge < -0.3 is 14.5 Å². The van der Waals surface area contributed by atoms with Crippen LogP contribution in [-0.4, -0.2) is 29.2 Å². The van der Waals surface area contributed by atoms with E-state index in [0.29, 0.717) is 25.3 Å². The first kappa shape index (κ1) is 23.8. The van der Waals surface area contributed by atoms with E-state index in [9.17, 15) is 4.79 Å². The van der Waals surface area contributed by atoms with Crippen molar-refractivity contribution < 1.29 is 14.3 Å². The Labute approximate surface area is 205 Å². The van der Waals surface area contributed by atoms with E-state index < -0.39 is 0 Å². The molecule has 0 spiro atoms. The lowest BCUT2D eigenvalue weighted by molar-refractivity contribution is 0.0519. The predicted octanol–water partition coefficient (Wildman–Crippen LogP) is 7.00. The third-order valence-corrected chi connectivity index (χ3v) is 6.56. The maximum Gasteiger partial charge on any atom is 0.355 e. The fourth-order valence-corrected chi connectivity index (χ4v) is 4.44. The molecular formula is C28H29ClN2O3. The summed E-state index contributed by atoms with van der Waals surface area (Å²) in [4.78, 5) is 20.6. The number of aromatic amines is 1. The quantitative estimate of drug-likeness (QED) is 0.220. The number of ether oxygens (including phenoxy) is 2. The van der Waals surface area contributed by atoms with Crippen LogP contribution in [0.3, 0.4) is 0 Å². The molecule has 5 nitrogen and oxygen atoms in total. The van der Waals surface area contributed by atoms with Gasteiger partial charge in [-0.2, -0.15) is 0 Å². The predicted molar refractivity (Wildman–Crippen MR) is 137 cm³/mol. The van der Waals surface area contributed by atoms with Crippen LogP contribution in [0.5, 0.6) is 5.75 Å². The molecule has 0 amide bonds. The molecule has 2 aromatic heterocycles. The molecular weight excluding hydrogens is 448 g/mol. The zero-order valence-electron chi connectivity index (χ0n) is 20.0. The van der Waals surface area contributed by atoms with E-state index in [1.165, 1.54) is 0 Å². The number of H-pyrrole nitrogens is 1. The van der Waals surface area contributed by atoms with Gasteiger partial charge in [-0.1, -0.05) is 35.9 Å². The fourth-order valence-electron chi connectivity index (χ4n) is 4.33. The average Bonchev–Trinajstić information content (AvgIpc) is 3.19. The Morgan fingerprint density at radius 1 is 1.06 bits per heavy atom. The van der Waals surface area contributed by atoms with Crippen molar-refractivity contribution in [1.82, 2.24) is 9.97 Å². The number of fused-ring (bicyclic) bond motifs is 1. The Morgan fingerprint density at radius 2 is 1.79 bits per heavy atom. The Kier molecular flexibility index (Phi) is 7.23. The van der Waals surface area contributed by atoms with Crippen LogP contribution in [0, 0.1) is 20.8 Å². The molecule has 0 bridgehead atoms. The number of hydrogen-bond acceptors (Lipinski definition) is 4. The Balaban J connectivity index is 1.63. The van der Waals surface area contributed by atoms with Gasteiger partial charge in [0.05, 0.1) is 18.7 Å². The summed E-state index contributed by atoms with van der Waals surface area (Å²) in [6.07, 6.45) is 3.21. The minimum absolute atomic E-state index is 0.320. The summed E-state index contributed by atoms with van der Waals surface area (Å²) in [5.74, 6) is 0.464. The molecule has 0 atom stereocenters. The van der Waals surface area contributed by atoms with Crippen LogP contribution in [0.25, 0.3) is 22.0 Å². The fraction of sp³-hybridized carbons (Fsp3) is 0.286. The number of para-hydroxylation sites is 1. The van der Waals surface area contributed by atoms with Crippen molar-refractivity contribution in [3.05, 3.63) is 81.8 Å². The number of aromatic nitrogens is 2. The zero-order valence-corrected chi connectivity index (χ0v) is 20.8. The van der Waals surface area contributed by atoms with Gasteiger partial charge in [-0.15, -0.1) is 0 Å². The van der Waals surface area contributed by atoms with Crippen molar-refractivity contribution in [2.24, 2.45) is 0 Å². The van der Waals surface area contributed by atoms with E-state index in [2.05, 4.69) is 16.0 Å². The molecule has 0 aliphatic rings. The van der Waals surface area contributed by atoms with Gasteiger partial charge in [-0.05, 0) is 75.4 Å². The van der Waals surface area contributed by atoms with Gasteiger partial charge in [0.15, 0.2) is 0 Å². The van der Waals surface area contributed by atoms with Gasteiger partial charge in [0.1, 0.15) is 11.4 Å². The molecule has 0 aliphatic heterocycles. The first-order chi connectivity index (χ1) is 16.4. The number of esters is 1. The standard InChI is InChI=1S/C28H29ClN2O3/c1-5-33-28(32)27-24(12-8-14-34-20-15-17(2)25(29)18(3)16-20)23-10-6-9-22(26(23)31-27)21-11-7-13-30-19(21)4/h6-7,9-11,13,15-16,31H,5,8,12,14H2,1-4H3. The van der Waals surface area contributed by atoms with Crippen LogP contribution in [0.1, 0.15) is 46.2 Å². The Hall–Kier alpha value is -3.31. The number of carbonyl (C=O) groups is 1. The number of nitrogens with zero attached hydrogens (tertiary/aromatic N) is 1. The van der Waals surface area contributed by atoms with E-state index in [-0.39, 0.29) is 5.97 Å². The van der Waals surface area contributed by atoms with E-state index >= 15 is 0 Å². The highest BCUT2D eigenvalue weighted by atomic mass is 35.5. The van der Waals surface area contributed by atoms with E-state index in [0.717, 1.165) is 61.6 Å². The van der Waals surface area contributed by atoms with Gasteiger partial charge >= 0.3 is 5.97 Å². The molecule has 4 aromatic rings. The number of rotatable bonds is 8.